The van der Waals surface area contributed by atoms with Gasteiger partial charge in [0, 0.05) is 0 Å². The molecule has 0 spiro atoms. The minimum absolute atomic E-state index is 0.00837. The summed E-state index contributed by atoms with van der Waals surface area (Å²) in [5.74, 6) is -0.916. The highest BCUT2D eigenvalue weighted by Gasteiger charge is 2.32. The number of hydrogen-bond donors (Lipinski definition) is 2. The summed E-state index contributed by atoms with van der Waals surface area (Å²) in [5.41, 5.74) is -1.89. The molecule has 100 valence electrons. The number of nitrogens with one attached hydrogen (secondary N) is 1. The van der Waals surface area contributed by atoms with Crippen molar-refractivity contribution in [3.8, 4) is 11.9 Å². The Balaban J connectivity index is 2.78. The summed E-state index contributed by atoms with van der Waals surface area (Å²) in [6.45, 7) is 1.44. The average molecular weight is 272 g/mol. The van der Waals surface area contributed by atoms with Gasteiger partial charge < -0.3 is 10.1 Å². The summed E-state index contributed by atoms with van der Waals surface area (Å²) < 4.78 is 37.6. The summed E-state index contributed by atoms with van der Waals surface area (Å²) >= 11 is 0. The Morgan fingerprint density at radius 3 is 2.68 bits per heavy atom. The van der Waals surface area contributed by atoms with Crippen LogP contribution in [-0.4, -0.2) is 25.9 Å². The zero-order chi connectivity index (χ0) is 14.4. The third-order valence-electron chi connectivity index (χ3n) is 2.53. The molecule has 0 aromatic carbocycles. The van der Waals surface area contributed by atoms with Crippen LogP contribution in [0.2, 0.25) is 0 Å². The van der Waals surface area contributed by atoms with Gasteiger partial charge in [0.05, 0.1) is 17.7 Å². The molecule has 6 nitrogen and oxygen atoms in total. The zero-order valence-corrected chi connectivity index (χ0v) is 9.54. The second kappa shape index (κ2) is 4.01. The summed E-state index contributed by atoms with van der Waals surface area (Å²) in [6, 6.07) is 1.75. The molecule has 0 saturated carbocycles. The van der Waals surface area contributed by atoms with E-state index in [1.54, 1.807) is 6.07 Å². The molecule has 0 radical (unpaired) electrons. The van der Waals surface area contributed by atoms with E-state index in [1.165, 1.54) is 6.92 Å². The lowest BCUT2D eigenvalue weighted by Gasteiger charge is -2.08. The number of halogens is 3. The zero-order valence-electron chi connectivity index (χ0n) is 9.54. The minimum atomic E-state index is -4.64. The van der Waals surface area contributed by atoms with E-state index in [0.717, 1.165) is 4.52 Å². The van der Waals surface area contributed by atoms with Gasteiger partial charge in [-0.2, -0.15) is 28.0 Å². The molecule has 0 fully saturated rings. The molecule has 9 heteroatoms. The molecule has 2 rings (SSSR count). The lowest BCUT2D eigenvalue weighted by molar-refractivity contribution is -0.127. The van der Waals surface area contributed by atoms with Crippen molar-refractivity contribution < 1.29 is 18.3 Å². The Labute approximate surface area is 103 Å². The number of aryl methyl sites for hydroxylation is 1. The Bertz CT molecular complexity index is 751. The molecular weight excluding hydrogens is 265 g/mol. The average Bonchev–Trinajstić information content (AvgIpc) is 2.59. The van der Waals surface area contributed by atoms with Crippen LogP contribution in [0.3, 0.4) is 0 Å². The molecule has 0 bridgehead atoms. The van der Waals surface area contributed by atoms with Gasteiger partial charge in [-0.3, -0.25) is 4.79 Å². The van der Waals surface area contributed by atoms with Crippen molar-refractivity contribution in [2.24, 2.45) is 0 Å². The first kappa shape index (κ1) is 12.9. The normalized spacial score (nSPS) is 11.7. The van der Waals surface area contributed by atoms with E-state index in [2.05, 4.69) is 10.1 Å². The topological polar surface area (TPSA) is 94.2 Å². The van der Waals surface area contributed by atoms with E-state index in [4.69, 9.17) is 5.26 Å². The molecule has 0 aliphatic rings. The lowest BCUT2D eigenvalue weighted by atomic mass is 10.2. The fourth-order valence-corrected chi connectivity index (χ4v) is 1.70. The van der Waals surface area contributed by atoms with Gasteiger partial charge in [0.2, 0.25) is 5.88 Å². The molecule has 0 aliphatic carbocycles. The number of aromatic nitrogens is 3. The number of H-pyrrole nitrogens is 1. The Morgan fingerprint density at radius 1 is 1.53 bits per heavy atom. The molecule has 2 heterocycles. The quantitative estimate of drug-likeness (QED) is 0.810. The van der Waals surface area contributed by atoms with E-state index in [0.29, 0.717) is 0 Å². The summed E-state index contributed by atoms with van der Waals surface area (Å²) in [4.78, 5) is 13.7. The molecule has 0 amide bonds. The van der Waals surface area contributed by atoms with Crippen LogP contribution >= 0.6 is 0 Å². The van der Waals surface area contributed by atoms with Crippen LogP contribution in [0.4, 0.5) is 13.2 Å². The van der Waals surface area contributed by atoms with E-state index >= 15 is 0 Å². The van der Waals surface area contributed by atoms with E-state index in [1.807, 2.05) is 0 Å². The van der Waals surface area contributed by atoms with E-state index in [9.17, 15) is 23.1 Å². The fraction of sp³-hybridized carbons (Fsp3) is 0.300. The predicted molar refractivity (Wildman–Crippen MR) is 56.7 cm³/mol. The summed E-state index contributed by atoms with van der Waals surface area (Å²) in [7, 11) is 0. The van der Waals surface area contributed by atoms with Crippen molar-refractivity contribution in [3.63, 3.8) is 0 Å². The van der Waals surface area contributed by atoms with Crippen LogP contribution in [-0.2, 0) is 6.42 Å². The van der Waals surface area contributed by atoms with Crippen molar-refractivity contribution in [1.82, 2.24) is 14.6 Å². The third kappa shape index (κ3) is 2.12. The Hall–Kier alpha value is -2.50. The minimum Gasteiger partial charge on any atom is -0.493 e. The lowest BCUT2D eigenvalue weighted by Crippen LogP contribution is -2.22. The first-order valence-corrected chi connectivity index (χ1v) is 5.05. The molecule has 0 unspecified atom stereocenters. The number of aromatic amines is 1. The summed E-state index contributed by atoms with van der Waals surface area (Å²) in [5, 5.41) is 22.3. The molecule has 19 heavy (non-hydrogen) atoms. The van der Waals surface area contributed by atoms with Crippen LogP contribution in [0.1, 0.15) is 16.8 Å². The maximum atomic E-state index is 12.3. The van der Waals surface area contributed by atoms with Crippen molar-refractivity contribution in [2.45, 2.75) is 19.5 Å². The van der Waals surface area contributed by atoms with Gasteiger partial charge in [-0.25, -0.2) is 0 Å². The van der Waals surface area contributed by atoms with Gasteiger partial charge in [-0.1, -0.05) is 0 Å². The highest BCUT2D eigenvalue weighted by atomic mass is 19.4. The van der Waals surface area contributed by atoms with Crippen LogP contribution in [0.5, 0.6) is 5.88 Å². The van der Waals surface area contributed by atoms with Crippen molar-refractivity contribution in [2.75, 3.05) is 0 Å². The van der Waals surface area contributed by atoms with Gasteiger partial charge in [-0.15, -0.1) is 0 Å². The van der Waals surface area contributed by atoms with Crippen molar-refractivity contribution in [1.29, 1.82) is 5.26 Å². The first-order valence-electron chi connectivity index (χ1n) is 5.05. The highest BCUT2D eigenvalue weighted by Crippen LogP contribution is 2.25. The van der Waals surface area contributed by atoms with E-state index in [-0.39, 0.29) is 16.9 Å². The fourth-order valence-electron chi connectivity index (χ4n) is 1.70. The standard InChI is InChI=1S/C10H7F3N4O2/c1-4-6(3-14)7-15-8(18)5(2-10(11,12)13)9(19)17(7)16-4/h19H,2H2,1H3,(H,15,18). The summed E-state index contributed by atoms with van der Waals surface area (Å²) in [6.07, 6.45) is -6.22. The molecule has 2 aromatic rings. The second-order valence-electron chi connectivity index (χ2n) is 3.88. The van der Waals surface area contributed by atoms with Gasteiger partial charge in [0.25, 0.3) is 5.56 Å². The number of alkyl halides is 3. The van der Waals surface area contributed by atoms with Crippen LogP contribution < -0.4 is 5.56 Å². The smallest absolute Gasteiger partial charge is 0.393 e. The monoisotopic (exact) mass is 272 g/mol. The van der Waals surface area contributed by atoms with Gasteiger partial charge in [0.1, 0.15) is 11.6 Å². The Morgan fingerprint density at radius 2 is 2.16 bits per heavy atom. The number of aromatic hydroxyl groups is 1. The van der Waals surface area contributed by atoms with Gasteiger partial charge in [0.15, 0.2) is 5.65 Å². The Kier molecular flexibility index (Phi) is 2.73. The number of nitriles is 1. The molecule has 2 aromatic heterocycles. The van der Waals surface area contributed by atoms with E-state index < -0.39 is 29.6 Å². The van der Waals surface area contributed by atoms with Gasteiger partial charge in [-0.05, 0) is 6.92 Å². The van der Waals surface area contributed by atoms with Crippen molar-refractivity contribution in [3.05, 3.63) is 27.2 Å². The largest absolute Gasteiger partial charge is 0.493 e. The number of fused-ring (bicyclic) bond motifs is 1. The molecule has 0 atom stereocenters. The maximum absolute atomic E-state index is 12.3. The van der Waals surface area contributed by atoms with Gasteiger partial charge >= 0.3 is 6.18 Å². The molecule has 0 saturated heterocycles. The number of hydrogen-bond acceptors (Lipinski definition) is 4. The van der Waals surface area contributed by atoms with Crippen LogP contribution in [0, 0.1) is 18.3 Å². The second-order valence-corrected chi connectivity index (χ2v) is 3.88. The third-order valence-corrected chi connectivity index (χ3v) is 2.53. The first-order chi connectivity index (χ1) is 8.74. The molecular formula is C10H7F3N4O2. The van der Waals surface area contributed by atoms with Crippen LogP contribution in [0.15, 0.2) is 4.79 Å². The van der Waals surface area contributed by atoms with Crippen LogP contribution in [0.25, 0.3) is 5.65 Å². The maximum Gasteiger partial charge on any atom is 0.393 e. The number of nitrogens with zero attached hydrogens (tertiary/aromatic N) is 3. The molecule has 2 N–H and O–H groups in total. The SMILES string of the molecule is Cc1nn2c(O)c(CC(F)(F)F)c(=O)[nH]c2c1C#N. The number of rotatable bonds is 1. The van der Waals surface area contributed by atoms with Crippen molar-refractivity contribution >= 4 is 5.65 Å². The molecule has 0 aliphatic heterocycles. The highest BCUT2D eigenvalue weighted by molar-refractivity contribution is 5.58. The predicted octanol–water partition coefficient (Wildman–Crippen LogP) is 1.01.